The van der Waals surface area contributed by atoms with Gasteiger partial charge in [0.1, 0.15) is 11.5 Å². The number of nitrogens with one attached hydrogen (secondary N) is 2. The Hall–Kier alpha value is -4.24. The minimum atomic E-state index is -0.637. The molecule has 0 atom stereocenters. The van der Waals surface area contributed by atoms with E-state index in [1.807, 2.05) is 65.6 Å². The first-order valence-corrected chi connectivity index (χ1v) is 12.6. The maximum Gasteiger partial charge on any atom is 0.251 e. The van der Waals surface area contributed by atoms with Crippen molar-refractivity contribution in [2.45, 2.75) is 45.2 Å². The minimum absolute atomic E-state index is 0.0529. The summed E-state index contributed by atoms with van der Waals surface area (Å²) in [5, 5.41) is 11.2. The van der Waals surface area contributed by atoms with E-state index in [1.54, 1.807) is 5.48 Å². The summed E-state index contributed by atoms with van der Waals surface area (Å²) in [4.78, 5) is 29.6. The Balaban J connectivity index is 1.60. The molecule has 0 saturated carbocycles. The lowest BCUT2D eigenvalue weighted by Gasteiger charge is -2.24. The van der Waals surface area contributed by atoms with E-state index >= 15 is 0 Å². The van der Waals surface area contributed by atoms with Crippen LogP contribution >= 0.6 is 0 Å². The molecule has 8 nitrogen and oxygen atoms in total. The van der Waals surface area contributed by atoms with E-state index in [1.165, 1.54) is 12.1 Å². The zero-order valence-corrected chi connectivity index (χ0v) is 21.3. The number of halogens is 1. The van der Waals surface area contributed by atoms with Crippen LogP contribution in [0, 0.1) is 5.82 Å². The third-order valence-electron chi connectivity index (χ3n) is 5.94. The third kappa shape index (κ3) is 9.33. The Bertz CT molecular complexity index is 1160. The fourth-order valence-corrected chi connectivity index (χ4v) is 3.88. The number of amides is 2. The number of nitrogens with two attached hydrogens (primary N) is 1. The molecule has 200 valence electrons. The van der Waals surface area contributed by atoms with Crippen LogP contribution in [-0.2, 0) is 17.9 Å². The summed E-state index contributed by atoms with van der Waals surface area (Å²) in [6.07, 6.45) is 3.27. The van der Waals surface area contributed by atoms with Crippen LogP contribution in [0.4, 0.5) is 10.1 Å². The highest BCUT2D eigenvalue weighted by Gasteiger charge is 2.13. The second-order valence-electron chi connectivity index (χ2n) is 8.92. The minimum Gasteiger partial charge on any atom is -0.369 e. The predicted molar refractivity (Wildman–Crippen MR) is 145 cm³/mol. The van der Waals surface area contributed by atoms with Gasteiger partial charge in [0.25, 0.3) is 5.91 Å². The first-order chi connectivity index (χ1) is 18.5. The van der Waals surface area contributed by atoms with E-state index < -0.39 is 11.7 Å². The van der Waals surface area contributed by atoms with Gasteiger partial charge in [0.2, 0.25) is 5.91 Å². The topological polar surface area (TPSA) is 120 Å². The van der Waals surface area contributed by atoms with Crippen LogP contribution in [0.15, 0.2) is 83.9 Å². The lowest BCUT2D eigenvalue weighted by molar-refractivity contribution is -0.129. The Morgan fingerprint density at radius 1 is 0.868 bits per heavy atom. The molecule has 3 aromatic rings. The SMILES string of the molecule is NC(=Nc1ccc(C(=O)NCCCCCCC(=O)NO)cc1F)N(Cc1ccccc1)Cc1ccccc1. The van der Waals surface area contributed by atoms with Crippen molar-refractivity contribution in [3.05, 3.63) is 101 Å². The average Bonchev–Trinajstić information content (AvgIpc) is 2.94. The van der Waals surface area contributed by atoms with Crippen LogP contribution < -0.4 is 16.5 Å². The van der Waals surface area contributed by atoms with Crippen molar-refractivity contribution < 1.29 is 19.2 Å². The van der Waals surface area contributed by atoms with Crippen molar-refractivity contribution in [1.82, 2.24) is 15.7 Å². The van der Waals surface area contributed by atoms with Crippen molar-refractivity contribution in [3.8, 4) is 0 Å². The summed E-state index contributed by atoms with van der Waals surface area (Å²) in [6.45, 7) is 1.44. The van der Waals surface area contributed by atoms with E-state index in [-0.39, 0.29) is 29.5 Å². The highest BCUT2D eigenvalue weighted by Crippen LogP contribution is 2.20. The summed E-state index contributed by atoms with van der Waals surface area (Å²) in [6, 6.07) is 23.8. The molecule has 38 heavy (non-hydrogen) atoms. The quantitative estimate of drug-likeness (QED) is 0.0861. The largest absolute Gasteiger partial charge is 0.369 e. The van der Waals surface area contributed by atoms with Crippen LogP contribution in [0.25, 0.3) is 0 Å². The number of unbranched alkanes of at least 4 members (excludes halogenated alkanes) is 3. The molecule has 0 fully saturated rings. The zero-order valence-electron chi connectivity index (χ0n) is 21.3. The molecule has 0 aliphatic carbocycles. The lowest BCUT2D eigenvalue weighted by atomic mass is 10.1. The highest BCUT2D eigenvalue weighted by molar-refractivity contribution is 5.94. The van der Waals surface area contributed by atoms with E-state index in [9.17, 15) is 14.0 Å². The number of guanidine groups is 1. The van der Waals surface area contributed by atoms with Gasteiger partial charge in [-0.1, -0.05) is 73.5 Å². The van der Waals surface area contributed by atoms with Crippen molar-refractivity contribution in [1.29, 1.82) is 0 Å². The van der Waals surface area contributed by atoms with Crippen LogP contribution in [0.5, 0.6) is 0 Å². The van der Waals surface area contributed by atoms with E-state index in [0.29, 0.717) is 26.1 Å². The molecule has 3 rings (SSSR count). The normalized spacial score (nSPS) is 11.2. The fourth-order valence-electron chi connectivity index (χ4n) is 3.88. The number of nitrogens with zero attached hydrogens (tertiary/aromatic N) is 2. The Morgan fingerprint density at radius 2 is 1.47 bits per heavy atom. The number of hydroxylamine groups is 1. The Kier molecular flexibility index (Phi) is 11.3. The molecule has 0 heterocycles. The summed E-state index contributed by atoms with van der Waals surface area (Å²) < 4.78 is 14.9. The standard InChI is InChI=1S/C29H34FN5O3/c30-25-19-24(28(37)32-18-10-2-1-9-15-27(36)34-38)16-17-26(25)33-29(31)35(20-22-11-5-3-6-12-22)21-23-13-7-4-8-14-23/h3-8,11-14,16-17,19,38H,1-2,9-10,15,18,20-21H2,(H2,31,33)(H,32,37)(H,34,36). The monoisotopic (exact) mass is 519 g/mol. The second kappa shape index (κ2) is 15.1. The molecule has 0 bridgehead atoms. The van der Waals surface area contributed by atoms with Gasteiger partial charge in [-0.3, -0.25) is 14.8 Å². The van der Waals surface area contributed by atoms with Gasteiger partial charge in [0.15, 0.2) is 5.96 Å². The molecule has 0 aliphatic rings. The Morgan fingerprint density at radius 3 is 2.05 bits per heavy atom. The number of aliphatic imine (C=N–C) groups is 1. The van der Waals surface area contributed by atoms with Crippen molar-refractivity contribution in [3.63, 3.8) is 0 Å². The molecule has 3 aromatic carbocycles. The predicted octanol–water partition coefficient (Wildman–Crippen LogP) is 4.66. The molecule has 2 amide bonds. The lowest BCUT2D eigenvalue weighted by Crippen LogP contribution is -2.36. The molecular weight excluding hydrogens is 485 g/mol. The summed E-state index contributed by atoms with van der Waals surface area (Å²) in [5.41, 5.74) is 10.3. The third-order valence-corrected chi connectivity index (χ3v) is 5.94. The fraction of sp³-hybridized carbons (Fsp3) is 0.276. The van der Waals surface area contributed by atoms with Gasteiger partial charge in [0.05, 0.1) is 0 Å². The van der Waals surface area contributed by atoms with E-state index in [4.69, 9.17) is 10.9 Å². The molecular formula is C29H34FN5O3. The van der Waals surface area contributed by atoms with Crippen molar-refractivity contribution in [2.75, 3.05) is 6.54 Å². The average molecular weight is 520 g/mol. The van der Waals surface area contributed by atoms with Gasteiger partial charge >= 0.3 is 0 Å². The maximum atomic E-state index is 14.9. The van der Waals surface area contributed by atoms with Crippen LogP contribution in [0.3, 0.4) is 0 Å². The maximum absolute atomic E-state index is 14.9. The van der Waals surface area contributed by atoms with Crippen LogP contribution in [0.1, 0.15) is 53.6 Å². The number of hydrogen-bond donors (Lipinski definition) is 4. The molecule has 0 aromatic heterocycles. The number of rotatable bonds is 13. The number of benzene rings is 3. The van der Waals surface area contributed by atoms with Crippen LogP contribution in [-0.4, -0.2) is 34.4 Å². The smallest absolute Gasteiger partial charge is 0.251 e. The molecule has 9 heteroatoms. The molecule has 0 unspecified atom stereocenters. The van der Waals surface area contributed by atoms with Gasteiger partial charge in [-0.2, -0.15) is 0 Å². The molecule has 0 aliphatic heterocycles. The van der Waals surface area contributed by atoms with Gasteiger partial charge in [0, 0.05) is 31.6 Å². The number of carbonyl (C=O) groups is 2. The van der Waals surface area contributed by atoms with Gasteiger partial charge < -0.3 is 16.0 Å². The summed E-state index contributed by atoms with van der Waals surface area (Å²) >= 11 is 0. The van der Waals surface area contributed by atoms with Gasteiger partial charge in [-0.15, -0.1) is 0 Å². The Labute approximate surface area is 222 Å². The first kappa shape index (κ1) is 28.3. The molecule has 0 radical (unpaired) electrons. The number of carbonyl (C=O) groups excluding carboxylic acids is 2. The zero-order chi connectivity index (χ0) is 27.2. The highest BCUT2D eigenvalue weighted by atomic mass is 19.1. The van der Waals surface area contributed by atoms with Gasteiger partial charge in [-0.25, -0.2) is 14.9 Å². The van der Waals surface area contributed by atoms with E-state index in [0.717, 1.165) is 36.5 Å². The molecule has 5 N–H and O–H groups in total. The van der Waals surface area contributed by atoms with Crippen molar-refractivity contribution >= 4 is 23.5 Å². The molecule has 0 saturated heterocycles. The molecule has 0 spiro atoms. The van der Waals surface area contributed by atoms with Crippen molar-refractivity contribution in [2.24, 2.45) is 10.7 Å². The first-order valence-electron chi connectivity index (χ1n) is 12.6. The van der Waals surface area contributed by atoms with Gasteiger partial charge in [-0.05, 0) is 42.2 Å². The summed E-state index contributed by atoms with van der Waals surface area (Å²) in [5.74, 6) is -1.25. The van der Waals surface area contributed by atoms with Crippen LogP contribution in [0.2, 0.25) is 0 Å². The number of hydrogen-bond acceptors (Lipinski definition) is 4. The summed E-state index contributed by atoms with van der Waals surface area (Å²) in [7, 11) is 0. The second-order valence-corrected chi connectivity index (χ2v) is 8.92. The van der Waals surface area contributed by atoms with E-state index in [2.05, 4.69) is 10.3 Å².